The van der Waals surface area contributed by atoms with Crippen LogP contribution in [0.3, 0.4) is 0 Å². The fourth-order valence-electron chi connectivity index (χ4n) is 3.81. The summed E-state index contributed by atoms with van der Waals surface area (Å²) >= 11 is 5.83. The van der Waals surface area contributed by atoms with E-state index in [0.29, 0.717) is 30.2 Å². The van der Waals surface area contributed by atoms with Crippen LogP contribution in [0.2, 0.25) is 0 Å². The van der Waals surface area contributed by atoms with E-state index in [0.717, 1.165) is 17.8 Å². The second kappa shape index (κ2) is 10.1. The zero-order valence-electron chi connectivity index (χ0n) is 18.8. The van der Waals surface area contributed by atoms with Crippen molar-refractivity contribution in [1.29, 1.82) is 0 Å². The van der Waals surface area contributed by atoms with Crippen LogP contribution in [-0.4, -0.2) is 41.9 Å². The van der Waals surface area contributed by atoms with Gasteiger partial charge in [-0.2, -0.15) is 4.31 Å². The van der Waals surface area contributed by atoms with Gasteiger partial charge in [0.2, 0.25) is 10.0 Å². The smallest absolute Gasteiger partial charge is 0.243 e. The maximum absolute atomic E-state index is 13.0. The van der Waals surface area contributed by atoms with Crippen molar-refractivity contribution in [2.75, 3.05) is 18.4 Å². The largest absolute Gasteiger partial charge is 0.342 e. The van der Waals surface area contributed by atoms with Crippen molar-refractivity contribution >= 4 is 33.0 Å². The first kappa shape index (κ1) is 23.7. The summed E-state index contributed by atoms with van der Waals surface area (Å²) in [4.78, 5) is 2.52. The molecule has 7 heteroatoms. The number of nitrogens with zero attached hydrogens (tertiary/aromatic N) is 2. The molecule has 1 aliphatic rings. The summed E-state index contributed by atoms with van der Waals surface area (Å²) in [5.41, 5.74) is 2.90. The molecule has 0 bridgehead atoms. The lowest BCUT2D eigenvalue weighted by molar-refractivity contribution is 0.298. The third-order valence-corrected chi connectivity index (χ3v) is 8.43. The Balaban J connectivity index is 1.86. The van der Waals surface area contributed by atoms with E-state index in [4.69, 9.17) is 12.2 Å². The van der Waals surface area contributed by atoms with Crippen molar-refractivity contribution in [3.63, 3.8) is 0 Å². The molecule has 0 saturated heterocycles. The van der Waals surface area contributed by atoms with Gasteiger partial charge in [-0.05, 0) is 68.1 Å². The van der Waals surface area contributed by atoms with Crippen molar-refractivity contribution in [3.05, 3.63) is 59.7 Å². The summed E-state index contributed by atoms with van der Waals surface area (Å²) in [5, 5.41) is 3.98. The molecule has 168 valence electrons. The van der Waals surface area contributed by atoms with Gasteiger partial charge < -0.3 is 10.2 Å². The molecule has 1 aliphatic carbocycles. The number of hydrogen-bond acceptors (Lipinski definition) is 3. The Labute approximate surface area is 192 Å². The molecule has 31 heavy (non-hydrogen) atoms. The molecular weight excluding hydrogens is 426 g/mol. The van der Waals surface area contributed by atoms with Crippen LogP contribution in [0.25, 0.3) is 0 Å². The average molecular weight is 460 g/mol. The zero-order valence-corrected chi connectivity index (χ0v) is 20.5. The lowest BCUT2D eigenvalue weighted by atomic mass is 10.1. The van der Waals surface area contributed by atoms with Gasteiger partial charge in [0.25, 0.3) is 0 Å². The Bertz CT molecular complexity index is 1000. The topological polar surface area (TPSA) is 52.7 Å². The van der Waals surface area contributed by atoms with Crippen LogP contribution in [0.5, 0.6) is 0 Å². The van der Waals surface area contributed by atoms with Gasteiger partial charge in [0.15, 0.2) is 5.11 Å². The van der Waals surface area contributed by atoms with Crippen molar-refractivity contribution in [2.24, 2.45) is 5.92 Å². The Morgan fingerprint density at radius 3 is 2.35 bits per heavy atom. The molecule has 1 atom stereocenters. The molecule has 2 aromatic rings. The van der Waals surface area contributed by atoms with Crippen LogP contribution in [0, 0.1) is 12.8 Å². The molecule has 0 heterocycles. The third kappa shape index (κ3) is 5.64. The fourth-order valence-corrected chi connectivity index (χ4v) is 5.64. The molecule has 0 spiro atoms. The molecule has 3 rings (SSSR count). The number of nitrogens with one attached hydrogen (secondary N) is 1. The fraction of sp³-hybridized carbons (Fsp3) is 0.458. The molecule has 0 aromatic heterocycles. The Morgan fingerprint density at radius 2 is 1.77 bits per heavy atom. The maximum atomic E-state index is 13.0. The predicted molar refractivity (Wildman–Crippen MR) is 132 cm³/mol. The highest BCUT2D eigenvalue weighted by Gasteiger charge is 2.33. The van der Waals surface area contributed by atoms with E-state index in [-0.39, 0.29) is 4.90 Å². The first-order chi connectivity index (χ1) is 14.8. The number of anilines is 1. The van der Waals surface area contributed by atoms with Crippen molar-refractivity contribution in [3.8, 4) is 0 Å². The quantitative estimate of drug-likeness (QED) is 0.534. The van der Waals surface area contributed by atoms with Gasteiger partial charge in [-0.25, -0.2) is 8.42 Å². The van der Waals surface area contributed by atoms with Gasteiger partial charge in [-0.15, -0.1) is 0 Å². The molecule has 2 aromatic carbocycles. The van der Waals surface area contributed by atoms with Gasteiger partial charge in [-0.3, -0.25) is 0 Å². The van der Waals surface area contributed by atoms with Gasteiger partial charge in [0.05, 0.1) is 4.90 Å². The van der Waals surface area contributed by atoms with E-state index in [2.05, 4.69) is 29.3 Å². The van der Waals surface area contributed by atoms with Gasteiger partial charge in [0.1, 0.15) is 0 Å². The summed E-state index contributed by atoms with van der Waals surface area (Å²) in [5.74, 6) is 0.652. The first-order valence-electron chi connectivity index (χ1n) is 11.0. The van der Waals surface area contributed by atoms with E-state index in [1.54, 1.807) is 12.1 Å². The SMILES string of the molecule is CCN(CC)S(=O)(=O)c1ccc(C)c(NC(=S)N(Cc2ccccc2)[C@@H](C)C2CC2)c1. The van der Waals surface area contributed by atoms with Crippen LogP contribution < -0.4 is 5.32 Å². The summed E-state index contributed by atoms with van der Waals surface area (Å²) in [6.07, 6.45) is 2.46. The number of benzene rings is 2. The summed E-state index contributed by atoms with van der Waals surface area (Å²) in [6, 6.07) is 15.9. The predicted octanol–water partition coefficient (Wildman–Crippen LogP) is 5.02. The summed E-state index contributed by atoms with van der Waals surface area (Å²) in [7, 11) is -3.53. The molecule has 0 radical (unpaired) electrons. The Kier molecular flexibility index (Phi) is 7.73. The van der Waals surface area contributed by atoms with Gasteiger partial charge >= 0.3 is 0 Å². The number of rotatable bonds is 9. The minimum absolute atomic E-state index is 0.289. The highest BCUT2D eigenvalue weighted by molar-refractivity contribution is 7.89. The van der Waals surface area contributed by atoms with Crippen LogP contribution in [-0.2, 0) is 16.6 Å². The van der Waals surface area contributed by atoms with E-state index < -0.39 is 10.0 Å². The van der Waals surface area contributed by atoms with E-state index in [1.165, 1.54) is 22.7 Å². The number of aryl methyl sites for hydroxylation is 1. The van der Waals surface area contributed by atoms with Crippen LogP contribution >= 0.6 is 12.2 Å². The number of thiocarbonyl (C=S) groups is 1. The molecule has 1 saturated carbocycles. The molecule has 1 fully saturated rings. The van der Waals surface area contributed by atoms with Crippen LogP contribution in [0.15, 0.2) is 53.4 Å². The highest BCUT2D eigenvalue weighted by atomic mass is 32.2. The molecule has 0 unspecified atom stereocenters. The lowest BCUT2D eigenvalue weighted by Crippen LogP contribution is -2.42. The maximum Gasteiger partial charge on any atom is 0.243 e. The summed E-state index contributed by atoms with van der Waals surface area (Å²) < 4.78 is 27.4. The second-order valence-corrected chi connectivity index (χ2v) is 10.5. The highest BCUT2D eigenvalue weighted by Crippen LogP contribution is 2.36. The van der Waals surface area contributed by atoms with E-state index >= 15 is 0 Å². The van der Waals surface area contributed by atoms with Gasteiger partial charge in [0, 0.05) is 31.4 Å². The minimum atomic E-state index is -3.53. The Hall–Kier alpha value is -1.96. The molecular formula is C24H33N3O2S2. The average Bonchev–Trinajstić information content (AvgIpc) is 3.60. The standard InChI is InChI=1S/C24H33N3O2S2/c1-5-26(6-2)31(28,29)22-15-12-18(3)23(16-22)25-24(30)27(19(4)21-13-14-21)17-20-10-8-7-9-11-20/h7-12,15-16,19,21H,5-6,13-14,17H2,1-4H3,(H,25,30)/t19-/m0/s1. The monoisotopic (exact) mass is 459 g/mol. The molecule has 1 N–H and O–H groups in total. The summed E-state index contributed by atoms with van der Waals surface area (Å²) in [6.45, 7) is 9.50. The van der Waals surface area contributed by atoms with Crippen LogP contribution in [0.4, 0.5) is 5.69 Å². The Morgan fingerprint density at radius 1 is 1.13 bits per heavy atom. The van der Waals surface area contributed by atoms with Crippen molar-refractivity contribution in [2.45, 2.75) is 58.0 Å². The molecule has 0 amide bonds. The minimum Gasteiger partial charge on any atom is -0.342 e. The van der Waals surface area contributed by atoms with Crippen molar-refractivity contribution < 1.29 is 8.42 Å². The van der Waals surface area contributed by atoms with E-state index in [9.17, 15) is 8.42 Å². The lowest BCUT2D eigenvalue weighted by Gasteiger charge is -2.32. The van der Waals surface area contributed by atoms with Crippen molar-refractivity contribution in [1.82, 2.24) is 9.21 Å². The van der Waals surface area contributed by atoms with Crippen LogP contribution in [0.1, 0.15) is 44.7 Å². The third-order valence-electron chi connectivity index (χ3n) is 6.05. The zero-order chi connectivity index (χ0) is 22.6. The molecule has 5 nitrogen and oxygen atoms in total. The molecule has 0 aliphatic heterocycles. The second-order valence-electron chi connectivity index (χ2n) is 8.19. The normalized spacial score (nSPS) is 15.0. The number of sulfonamides is 1. The number of hydrogen-bond donors (Lipinski definition) is 1. The van der Waals surface area contributed by atoms with Gasteiger partial charge in [-0.1, -0.05) is 50.2 Å². The first-order valence-corrected chi connectivity index (χ1v) is 12.8. The van der Waals surface area contributed by atoms with E-state index in [1.807, 2.05) is 45.0 Å².